The van der Waals surface area contributed by atoms with Crippen LogP contribution in [0.5, 0.6) is 0 Å². The summed E-state index contributed by atoms with van der Waals surface area (Å²) in [7, 11) is 0. The largest absolute Gasteiger partial charge is 0.310 e. The van der Waals surface area contributed by atoms with Crippen LogP contribution in [0.3, 0.4) is 0 Å². The lowest BCUT2D eigenvalue weighted by molar-refractivity contribution is 1.29. The molecule has 5 rings (SSSR count). The van der Waals surface area contributed by atoms with E-state index in [1.165, 1.54) is 21.9 Å². The molecule has 0 saturated heterocycles. The molecule has 0 fully saturated rings. The first kappa shape index (κ1) is 17.3. The van der Waals surface area contributed by atoms with Crippen molar-refractivity contribution in [2.24, 2.45) is 0 Å². The minimum absolute atomic E-state index is 1.15. The normalized spacial score (nSPS) is 10.8. The molecule has 1 heteroatoms. The summed E-state index contributed by atoms with van der Waals surface area (Å²) < 4.78 is 0. The van der Waals surface area contributed by atoms with Gasteiger partial charge in [-0.05, 0) is 64.4 Å². The summed E-state index contributed by atoms with van der Waals surface area (Å²) in [6.45, 7) is 0. The molecular weight excluding hydrogens is 350 g/mol. The van der Waals surface area contributed by atoms with Crippen molar-refractivity contribution in [3.63, 3.8) is 0 Å². The standard InChI is InChI=1S/C28H21N/c1-4-10-22(11-5-1)23-16-17-25-21-28(19-18-24(25)20-23)29(26-12-6-2-7-13-26)27-14-8-3-9-15-27/h1-21H. The van der Waals surface area contributed by atoms with Crippen molar-refractivity contribution >= 4 is 27.8 Å². The molecule has 0 unspecified atom stereocenters. The Hall–Kier alpha value is -3.84. The molecule has 0 heterocycles. The van der Waals surface area contributed by atoms with Crippen LogP contribution in [0, 0.1) is 0 Å². The molecule has 0 aliphatic heterocycles. The lowest BCUT2D eigenvalue weighted by Crippen LogP contribution is -2.09. The molecule has 0 spiro atoms. The number of hydrogen-bond acceptors (Lipinski definition) is 1. The number of anilines is 3. The van der Waals surface area contributed by atoms with E-state index in [2.05, 4.69) is 132 Å². The summed E-state index contributed by atoms with van der Waals surface area (Å²) in [6, 6.07) is 44.9. The molecule has 0 radical (unpaired) electrons. The van der Waals surface area contributed by atoms with Gasteiger partial charge in [0.25, 0.3) is 0 Å². The van der Waals surface area contributed by atoms with E-state index in [1.807, 2.05) is 0 Å². The highest BCUT2D eigenvalue weighted by atomic mass is 15.1. The first-order valence-corrected chi connectivity index (χ1v) is 9.88. The molecule has 0 aliphatic rings. The van der Waals surface area contributed by atoms with E-state index in [4.69, 9.17) is 0 Å². The van der Waals surface area contributed by atoms with Crippen LogP contribution < -0.4 is 4.90 Å². The van der Waals surface area contributed by atoms with Crippen molar-refractivity contribution in [3.8, 4) is 11.1 Å². The predicted octanol–water partition coefficient (Wildman–Crippen LogP) is 7.98. The molecular formula is C28H21N. The zero-order chi connectivity index (χ0) is 19.5. The van der Waals surface area contributed by atoms with Gasteiger partial charge in [-0.25, -0.2) is 0 Å². The van der Waals surface area contributed by atoms with Gasteiger partial charge >= 0.3 is 0 Å². The smallest absolute Gasteiger partial charge is 0.0468 e. The molecule has 0 N–H and O–H groups in total. The van der Waals surface area contributed by atoms with Gasteiger partial charge < -0.3 is 4.90 Å². The van der Waals surface area contributed by atoms with E-state index in [1.54, 1.807) is 0 Å². The van der Waals surface area contributed by atoms with Crippen molar-refractivity contribution in [1.29, 1.82) is 0 Å². The van der Waals surface area contributed by atoms with Crippen molar-refractivity contribution in [2.75, 3.05) is 4.90 Å². The van der Waals surface area contributed by atoms with E-state index >= 15 is 0 Å². The Labute approximate surface area is 171 Å². The van der Waals surface area contributed by atoms with Gasteiger partial charge in [-0.2, -0.15) is 0 Å². The van der Waals surface area contributed by atoms with Gasteiger partial charge in [0, 0.05) is 17.1 Å². The summed E-state index contributed by atoms with van der Waals surface area (Å²) in [4.78, 5) is 2.30. The minimum Gasteiger partial charge on any atom is -0.310 e. The molecule has 1 nitrogen and oxygen atoms in total. The number of fused-ring (bicyclic) bond motifs is 1. The minimum atomic E-state index is 1.15. The Morgan fingerprint density at radius 3 is 1.48 bits per heavy atom. The second-order valence-electron chi connectivity index (χ2n) is 7.12. The first-order valence-electron chi connectivity index (χ1n) is 9.88. The van der Waals surface area contributed by atoms with Crippen LogP contribution in [-0.4, -0.2) is 0 Å². The van der Waals surface area contributed by atoms with Crippen LogP contribution in [-0.2, 0) is 0 Å². The third-order valence-corrected chi connectivity index (χ3v) is 5.22. The third kappa shape index (κ3) is 3.51. The average Bonchev–Trinajstić information content (AvgIpc) is 2.81. The highest BCUT2D eigenvalue weighted by Gasteiger charge is 2.12. The Kier molecular flexibility index (Phi) is 4.56. The van der Waals surface area contributed by atoms with Gasteiger partial charge in [0.2, 0.25) is 0 Å². The Bertz CT molecular complexity index is 1190. The maximum Gasteiger partial charge on any atom is 0.0468 e. The summed E-state index contributed by atoms with van der Waals surface area (Å²) >= 11 is 0. The predicted molar refractivity (Wildman–Crippen MR) is 124 cm³/mol. The first-order chi connectivity index (χ1) is 14.4. The summed E-state index contributed by atoms with van der Waals surface area (Å²) in [6.07, 6.45) is 0. The van der Waals surface area contributed by atoms with Gasteiger partial charge in [0.15, 0.2) is 0 Å². The fraction of sp³-hybridized carbons (Fsp3) is 0. The Morgan fingerprint density at radius 2 is 0.862 bits per heavy atom. The molecule has 29 heavy (non-hydrogen) atoms. The molecule has 0 amide bonds. The van der Waals surface area contributed by atoms with Gasteiger partial charge in [0.05, 0.1) is 0 Å². The topological polar surface area (TPSA) is 3.24 Å². The molecule has 5 aromatic rings. The van der Waals surface area contributed by atoms with Gasteiger partial charge in [-0.15, -0.1) is 0 Å². The van der Waals surface area contributed by atoms with Crippen LogP contribution in [0.2, 0.25) is 0 Å². The van der Waals surface area contributed by atoms with Crippen LogP contribution in [0.15, 0.2) is 127 Å². The van der Waals surface area contributed by atoms with Crippen LogP contribution in [0.4, 0.5) is 17.1 Å². The third-order valence-electron chi connectivity index (χ3n) is 5.22. The van der Waals surface area contributed by atoms with Crippen LogP contribution in [0.1, 0.15) is 0 Å². The van der Waals surface area contributed by atoms with E-state index < -0.39 is 0 Å². The summed E-state index contributed by atoms with van der Waals surface area (Å²) in [5.41, 5.74) is 5.95. The fourth-order valence-corrected chi connectivity index (χ4v) is 3.78. The van der Waals surface area contributed by atoms with Gasteiger partial charge in [-0.1, -0.05) is 84.9 Å². The van der Waals surface area contributed by atoms with Crippen molar-refractivity contribution in [3.05, 3.63) is 127 Å². The van der Waals surface area contributed by atoms with Crippen molar-refractivity contribution < 1.29 is 0 Å². The highest BCUT2D eigenvalue weighted by Crippen LogP contribution is 2.36. The number of hydrogen-bond donors (Lipinski definition) is 0. The van der Waals surface area contributed by atoms with Gasteiger partial charge in [-0.3, -0.25) is 0 Å². The van der Waals surface area contributed by atoms with Crippen LogP contribution in [0.25, 0.3) is 21.9 Å². The lowest BCUT2D eigenvalue weighted by Gasteiger charge is -2.25. The van der Waals surface area contributed by atoms with E-state index in [9.17, 15) is 0 Å². The Morgan fingerprint density at radius 1 is 0.345 bits per heavy atom. The van der Waals surface area contributed by atoms with E-state index in [0.29, 0.717) is 0 Å². The van der Waals surface area contributed by atoms with Gasteiger partial charge in [0.1, 0.15) is 0 Å². The quantitative estimate of drug-likeness (QED) is 0.309. The summed E-state index contributed by atoms with van der Waals surface area (Å²) in [5.74, 6) is 0. The van der Waals surface area contributed by atoms with Crippen LogP contribution >= 0.6 is 0 Å². The Balaban J connectivity index is 1.61. The second kappa shape index (κ2) is 7.65. The molecule has 0 bridgehead atoms. The van der Waals surface area contributed by atoms with E-state index in [-0.39, 0.29) is 0 Å². The monoisotopic (exact) mass is 371 g/mol. The molecule has 0 atom stereocenters. The summed E-state index contributed by atoms with van der Waals surface area (Å²) in [5, 5.41) is 2.48. The van der Waals surface area contributed by atoms with E-state index in [0.717, 1.165) is 17.1 Å². The number of benzene rings is 5. The SMILES string of the molecule is c1ccc(-c2ccc3cc(N(c4ccccc4)c4ccccc4)ccc3c2)cc1. The fourth-order valence-electron chi connectivity index (χ4n) is 3.78. The number of para-hydroxylation sites is 2. The lowest BCUT2D eigenvalue weighted by atomic mass is 10.0. The maximum atomic E-state index is 2.30. The molecule has 5 aromatic carbocycles. The second-order valence-corrected chi connectivity index (χ2v) is 7.12. The van der Waals surface area contributed by atoms with Crippen molar-refractivity contribution in [2.45, 2.75) is 0 Å². The van der Waals surface area contributed by atoms with Crippen molar-refractivity contribution in [1.82, 2.24) is 0 Å². The average molecular weight is 371 g/mol. The number of nitrogens with zero attached hydrogens (tertiary/aromatic N) is 1. The number of rotatable bonds is 4. The maximum absolute atomic E-state index is 2.30. The highest BCUT2D eigenvalue weighted by molar-refractivity contribution is 5.92. The molecule has 0 aromatic heterocycles. The molecule has 0 saturated carbocycles. The zero-order valence-corrected chi connectivity index (χ0v) is 16.1. The molecule has 138 valence electrons. The zero-order valence-electron chi connectivity index (χ0n) is 16.1. The molecule has 0 aliphatic carbocycles.